The number of ether oxygens (including phenoxy) is 1. The van der Waals surface area contributed by atoms with Gasteiger partial charge in [0.2, 0.25) is 0 Å². The van der Waals surface area contributed by atoms with E-state index in [0.29, 0.717) is 0 Å². The maximum atomic E-state index is 11.7. The van der Waals surface area contributed by atoms with Gasteiger partial charge in [0.05, 0.1) is 11.3 Å². The van der Waals surface area contributed by atoms with Gasteiger partial charge in [-0.3, -0.25) is 4.79 Å². The quantitative estimate of drug-likeness (QED) is 0.766. The summed E-state index contributed by atoms with van der Waals surface area (Å²) < 4.78 is 5.13. The van der Waals surface area contributed by atoms with Crippen LogP contribution in [0.2, 0.25) is 0 Å². The molecule has 0 spiro atoms. The first kappa shape index (κ1) is 12.5. The predicted octanol–water partition coefficient (Wildman–Crippen LogP) is 1.38. The molecular formula is C10H14N2O3S. The summed E-state index contributed by atoms with van der Waals surface area (Å²) in [5.41, 5.74) is 10.4. The van der Waals surface area contributed by atoms with E-state index >= 15 is 0 Å². The van der Waals surface area contributed by atoms with Gasteiger partial charge in [0.1, 0.15) is 10.5 Å². The van der Waals surface area contributed by atoms with Gasteiger partial charge in [-0.1, -0.05) is 0 Å². The lowest BCUT2D eigenvalue weighted by molar-refractivity contribution is 0.00714. The Balaban J connectivity index is 2.98. The van der Waals surface area contributed by atoms with Crippen molar-refractivity contribution in [1.29, 1.82) is 0 Å². The molecule has 5 nitrogen and oxygen atoms in total. The number of rotatable bonds is 2. The summed E-state index contributed by atoms with van der Waals surface area (Å²) in [6.45, 7) is 5.26. The number of carbonyl (C=O) groups excluding carboxylic acids is 2. The number of hydrogen-bond acceptors (Lipinski definition) is 5. The molecule has 0 aliphatic carbocycles. The van der Waals surface area contributed by atoms with E-state index in [4.69, 9.17) is 16.2 Å². The Morgan fingerprint density at radius 1 is 1.38 bits per heavy atom. The topological polar surface area (TPSA) is 95.4 Å². The molecule has 88 valence electrons. The van der Waals surface area contributed by atoms with Crippen LogP contribution in [0.5, 0.6) is 0 Å². The minimum atomic E-state index is -0.641. The number of amides is 1. The molecule has 1 amide bonds. The van der Waals surface area contributed by atoms with Crippen molar-refractivity contribution in [3.8, 4) is 0 Å². The molecule has 6 heteroatoms. The van der Waals surface area contributed by atoms with Crippen molar-refractivity contribution in [2.24, 2.45) is 5.73 Å². The number of nitrogen functional groups attached to an aromatic ring is 1. The van der Waals surface area contributed by atoms with Crippen molar-refractivity contribution in [1.82, 2.24) is 0 Å². The van der Waals surface area contributed by atoms with Gasteiger partial charge in [-0.2, -0.15) is 0 Å². The summed E-state index contributed by atoms with van der Waals surface area (Å²) in [6.07, 6.45) is 0. The number of esters is 1. The second-order valence-electron chi connectivity index (χ2n) is 4.26. The van der Waals surface area contributed by atoms with Crippen molar-refractivity contribution < 1.29 is 14.3 Å². The molecule has 0 atom stereocenters. The molecule has 16 heavy (non-hydrogen) atoms. The van der Waals surface area contributed by atoms with Gasteiger partial charge in [-0.05, 0) is 20.8 Å². The van der Waals surface area contributed by atoms with Gasteiger partial charge in [0.25, 0.3) is 5.91 Å². The van der Waals surface area contributed by atoms with Crippen LogP contribution in [-0.4, -0.2) is 17.5 Å². The van der Waals surface area contributed by atoms with Gasteiger partial charge in [0.15, 0.2) is 0 Å². The van der Waals surface area contributed by atoms with E-state index < -0.39 is 17.5 Å². The number of carbonyl (C=O) groups is 2. The van der Waals surface area contributed by atoms with Crippen molar-refractivity contribution in [2.45, 2.75) is 26.4 Å². The third kappa shape index (κ3) is 2.73. The summed E-state index contributed by atoms with van der Waals surface area (Å²) in [5.74, 6) is -1.19. The molecule has 0 saturated heterocycles. The van der Waals surface area contributed by atoms with Crippen LogP contribution in [0.25, 0.3) is 0 Å². The molecule has 0 saturated carbocycles. The Morgan fingerprint density at radius 3 is 2.31 bits per heavy atom. The van der Waals surface area contributed by atoms with E-state index in [1.807, 2.05) is 0 Å². The summed E-state index contributed by atoms with van der Waals surface area (Å²) in [7, 11) is 0. The molecule has 0 aliphatic rings. The summed E-state index contributed by atoms with van der Waals surface area (Å²) in [6, 6.07) is 0. The first-order valence-electron chi connectivity index (χ1n) is 4.62. The normalized spacial score (nSPS) is 11.2. The molecule has 1 aromatic rings. The lowest BCUT2D eigenvalue weighted by Gasteiger charge is -2.19. The highest BCUT2D eigenvalue weighted by atomic mass is 32.1. The highest BCUT2D eigenvalue weighted by molar-refractivity contribution is 7.13. The van der Waals surface area contributed by atoms with E-state index in [1.165, 1.54) is 5.38 Å². The fourth-order valence-corrected chi connectivity index (χ4v) is 1.86. The van der Waals surface area contributed by atoms with E-state index in [2.05, 4.69) is 0 Å². The zero-order valence-corrected chi connectivity index (χ0v) is 10.2. The molecule has 1 rings (SSSR count). The maximum absolute atomic E-state index is 11.7. The van der Waals surface area contributed by atoms with Crippen LogP contribution >= 0.6 is 11.3 Å². The Labute approximate surface area is 97.4 Å². The van der Waals surface area contributed by atoms with Crippen LogP contribution in [0.15, 0.2) is 5.38 Å². The Kier molecular flexibility index (Phi) is 3.23. The molecule has 0 fully saturated rings. The minimum Gasteiger partial charge on any atom is -0.456 e. The second-order valence-corrected chi connectivity index (χ2v) is 5.14. The van der Waals surface area contributed by atoms with Gasteiger partial charge in [-0.15, -0.1) is 11.3 Å². The molecule has 4 N–H and O–H groups in total. The molecule has 0 aromatic carbocycles. The highest BCUT2D eigenvalue weighted by Crippen LogP contribution is 2.26. The predicted molar refractivity (Wildman–Crippen MR) is 62.4 cm³/mol. The third-order valence-electron chi connectivity index (χ3n) is 1.67. The lowest BCUT2D eigenvalue weighted by Crippen LogP contribution is -2.24. The van der Waals surface area contributed by atoms with Crippen molar-refractivity contribution in [2.75, 3.05) is 5.73 Å². The SMILES string of the molecule is CC(C)(C)OC(=O)c1csc(C(N)=O)c1N. The highest BCUT2D eigenvalue weighted by Gasteiger charge is 2.23. The van der Waals surface area contributed by atoms with Gasteiger partial charge >= 0.3 is 5.97 Å². The molecule has 0 bridgehead atoms. The fourth-order valence-electron chi connectivity index (χ4n) is 1.05. The fraction of sp³-hybridized carbons (Fsp3) is 0.400. The Bertz CT molecular complexity index is 432. The van der Waals surface area contributed by atoms with Crippen LogP contribution in [0, 0.1) is 0 Å². The molecule has 0 aliphatic heterocycles. The minimum absolute atomic E-state index is 0.0896. The first-order chi connectivity index (χ1) is 7.22. The van der Waals surface area contributed by atoms with Crippen LogP contribution in [0.1, 0.15) is 40.8 Å². The van der Waals surface area contributed by atoms with Crippen molar-refractivity contribution >= 4 is 28.9 Å². The second kappa shape index (κ2) is 4.13. The average molecular weight is 242 g/mol. The van der Waals surface area contributed by atoms with Crippen LogP contribution in [-0.2, 0) is 4.74 Å². The van der Waals surface area contributed by atoms with E-state index in [9.17, 15) is 9.59 Å². The number of nitrogens with two attached hydrogens (primary N) is 2. The number of thiophene rings is 1. The number of anilines is 1. The van der Waals surface area contributed by atoms with E-state index in [0.717, 1.165) is 11.3 Å². The maximum Gasteiger partial charge on any atom is 0.341 e. The van der Waals surface area contributed by atoms with Gasteiger partial charge in [0, 0.05) is 5.38 Å². The van der Waals surface area contributed by atoms with Crippen molar-refractivity contribution in [3.05, 3.63) is 15.8 Å². The Hall–Kier alpha value is -1.56. The van der Waals surface area contributed by atoms with Gasteiger partial charge < -0.3 is 16.2 Å². The number of primary amides is 1. The molecule has 1 aromatic heterocycles. The summed E-state index contributed by atoms with van der Waals surface area (Å²) in [5, 5.41) is 1.48. The average Bonchev–Trinajstić information content (AvgIpc) is 2.43. The summed E-state index contributed by atoms with van der Waals surface area (Å²) in [4.78, 5) is 22.8. The number of hydrogen-bond donors (Lipinski definition) is 2. The van der Waals surface area contributed by atoms with Crippen LogP contribution in [0.3, 0.4) is 0 Å². The zero-order valence-electron chi connectivity index (χ0n) is 9.37. The van der Waals surface area contributed by atoms with Crippen LogP contribution < -0.4 is 11.5 Å². The standard InChI is InChI=1S/C10H14N2O3S/c1-10(2,3)15-9(14)5-4-16-7(6(5)11)8(12)13/h4H,11H2,1-3H3,(H2,12,13). The lowest BCUT2D eigenvalue weighted by atomic mass is 10.2. The van der Waals surface area contributed by atoms with E-state index in [-0.39, 0.29) is 16.1 Å². The molecule has 1 heterocycles. The summed E-state index contributed by atoms with van der Waals surface area (Å²) >= 11 is 1.04. The zero-order chi connectivity index (χ0) is 12.5. The Morgan fingerprint density at radius 2 is 1.94 bits per heavy atom. The van der Waals surface area contributed by atoms with Crippen molar-refractivity contribution in [3.63, 3.8) is 0 Å². The van der Waals surface area contributed by atoms with E-state index in [1.54, 1.807) is 20.8 Å². The molecule has 0 unspecified atom stereocenters. The molecular weight excluding hydrogens is 228 g/mol. The van der Waals surface area contributed by atoms with Gasteiger partial charge in [-0.25, -0.2) is 4.79 Å². The smallest absolute Gasteiger partial charge is 0.341 e. The van der Waals surface area contributed by atoms with Crippen LogP contribution in [0.4, 0.5) is 5.69 Å². The monoisotopic (exact) mass is 242 g/mol. The largest absolute Gasteiger partial charge is 0.456 e. The molecule has 0 radical (unpaired) electrons. The first-order valence-corrected chi connectivity index (χ1v) is 5.50. The third-order valence-corrected chi connectivity index (χ3v) is 2.68.